The van der Waals surface area contributed by atoms with Crippen LogP contribution >= 0.6 is 0 Å². The smallest absolute Gasteiger partial charge is 0.356 e. The van der Waals surface area contributed by atoms with Gasteiger partial charge in [-0.25, -0.2) is 13.2 Å². The highest BCUT2D eigenvalue weighted by molar-refractivity contribution is 7.91. The van der Waals surface area contributed by atoms with Crippen LogP contribution in [0.15, 0.2) is 23.1 Å². The molecule has 0 spiro atoms. The van der Waals surface area contributed by atoms with Crippen molar-refractivity contribution in [1.29, 1.82) is 0 Å². The molecule has 0 radical (unpaired) electrons. The molecule has 1 N–H and O–H groups in total. The Morgan fingerprint density at radius 3 is 2.22 bits per heavy atom. The van der Waals surface area contributed by atoms with Crippen LogP contribution in [0.4, 0.5) is 0 Å². The molecule has 8 nitrogen and oxygen atoms in total. The minimum absolute atomic E-state index is 0.0840. The van der Waals surface area contributed by atoms with Crippen molar-refractivity contribution < 1.29 is 27.8 Å². The van der Waals surface area contributed by atoms with Gasteiger partial charge in [-0.15, -0.1) is 0 Å². The molecule has 9 heteroatoms. The molecule has 23 heavy (non-hydrogen) atoms. The Morgan fingerprint density at radius 2 is 1.78 bits per heavy atom. The number of benzene rings is 1. The van der Waals surface area contributed by atoms with E-state index in [4.69, 9.17) is 14.6 Å². The lowest BCUT2D eigenvalue weighted by molar-refractivity contribution is 0.0689. The predicted molar refractivity (Wildman–Crippen MR) is 81.8 cm³/mol. The number of carboxylic acid groups (broad SMARTS) is 1. The quantitative estimate of drug-likeness (QED) is 0.871. The third-order valence-corrected chi connectivity index (χ3v) is 4.40. The van der Waals surface area contributed by atoms with Crippen molar-refractivity contribution in [2.45, 2.75) is 4.90 Å². The van der Waals surface area contributed by atoms with Gasteiger partial charge < -0.3 is 14.6 Å². The van der Waals surface area contributed by atoms with Gasteiger partial charge in [-0.05, 0) is 18.2 Å². The maximum absolute atomic E-state index is 12.2. The maximum Gasteiger partial charge on any atom is 0.356 e. The van der Waals surface area contributed by atoms with Crippen LogP contribution in [0.2, 0.25) is 0 Å². The van der Waals surface area contributed by atoms with E-state index in [1.165, 1.54) is 38.1 Å². The third-order valence-electron chi connectivity index (χ3n) is 3.25. The number of rotatable bonds is 5. The highest BCUT2D eigenvalue weighted by atomic mass is 32.2. The number of methoxy groups -OCH3 is 2. The van der Waals surface area contributed by atoms with E-state index in [0.29, 0.717) is 5.69 Å². The molecule has 2 aromatic rings. The second-order valence-corrected chi connectivity index (χ2v) is 6.74. The Kier molecular flexibility index (Phi) is 4.33. The molecule has 2 rings (SSSR count). The normalized spacial score (nSPS) is 11.3. The number of carbonyl (C=O) groups is 1. The van der Waals surface area contributed by atoms with E-state index in [0.717, 1.165) is 6.26 Å². The zero-order valence-corrected chi connectivity index (χ0v) is 13.8. The number of hydrogen-bond donors (Lipinski definition) is 1. The fourth-order valence-corrected chi connectivity index (χ4v) is 3.39. The third kappa shape index (κ3) is 3.00. The van der Waals surface area contributed by atoms with Gasteiger partial charge in [0, 0.05) is 13.3 Å². The summed E-state index contributed by atoms with van der Waals surface area (Å²) >= 11 is 0. The largest absolute Gasteiger partial charge is 0.496 e. The van der Waals surface area contributed by atoms with Gasteiger partial charge in [-0.1, -0.05) is 0 Å². The molecule has 1 aromatic heterocycles. The molecule has 0 amide bonds. The molecule has 0 bridgehead atoms. The van der Waals surface area contributed by atoms with E-state index in [1.807, 2.05) is 0 Å². The number of aromatic carboxylic acids is 1. The summed E-state index contributed by atoms with van der Waals surface area (Å²) in [5.41, 5.74) is 0.294. The van der Waals surface area contributed by atoms with E-state index < -0.39 is 15.8 Å². The molecule has 0 aliphatic rings. The molecule has 0 aliphatic heterocycles. The summed E-state index contributed by atoms with van der Waals surface area (Å²) in [6.45, 7) is 0. The van der Waals surface area contributed by atoms with Gasteiger partial charge in [0.1, 0.15) is 16.4 Å². The first kappa shape index (κ1) is 16.8. The first-order chi connectivity index (χ1) is 10.7. The first-order valence-electron chi connectivity index (χ1n) is 6.43. The molecule has 1 aromatic carbocycles. The van der Waals surface area contributed by atoms with E-state index in [2.05, 4.69) is 5.10 Å². The van der Waals surface area contributed by atoms with E-state index in [9.17, 15) is 13.2 Å². The van der Waals surface area contributed by atoms with E-state index >= 15 is 0 Å². The lowest BCUT2D eigenvalue weighted by atomic mass is 10.1. The van der Waals surface area contributed by atoms with Gasteiger partial charge in [0.2, 0.25) is 0 Å². The highest BCUT2D eigenvalue weighted by Gasteiger charge is 2.27. The minimum atomic E-state index is -3.68. The SMILES string of the molecule is COc1ccc(OC)c(S(C)(=O)=O)c1-c1cc(C(=O)O)nn1C. The van der Waals surface area contributed by atoms with Gasteiger partial charge in [-0.2, -0.15) is 5.10 Å². The van der Waals surface area contributed by atoms with E-state index in [1.54, 1.807) is 6.07 Å². The Hall–Kier alpha value is -2.55. The first-order valence-corrected chi connectivity index (χ1v) is 8.32. The molecule has 0 fully saturated rings. The molecule has 0 saturated heterocycles. The van der Waals surface area contributed by atoms with Crippen LogP contribution in [0.3, 0.4) is 0 Å². The molecule has 0 aliphatic carbocycles. The van der Waals surface area contributed by atoms with Crippen molar-refractivity contribution in [1.82, 2.24) is 9.78 Å². The second kappa shape index (κ2) is 5.92. The number of aromatic nitrogens is 2. The summed E-state index contributed by atoms with van der Waals surface area (Å²) in [5.74, 6) is -0.804. The Morgan fingerprint density at radius 1 is 1.22 bits per heavy atom. The van der Waals surface area contributed by atoms with Gasteiger partial charge >= 0.3 is 5.97 Å². The highest BCUT2D eigenvalue weighted by Crippen LogP contribution is 2.41. The van der Waals surface area contributed by atoms with Crippen molar-refractivity contribution in [2.24, 2.45) is 7.05 Å². The number of carboxylic acids is 1. The van der Waals surface area contributed by atoms with Crippen molar-refractivity contribution in [3.63, 3.8) is 0 Å². The standard InChI is InChI=1S/C14H16N2O6S/c1-16-9(7-8(15-16)14(17)18)12-10(21-2)5-6-11(22-3)13(12)23(4,19)20/h5-7H,1-4H3,(H,17,18). The van der Waals surface area contributed by atoms with Gasteiger partial charge in [0.25, 0.3) is 0 Å². The van der Waals surface area contributed by atoms with Crippen molar-refractivity contribution in [3.05, 3.63) is 23.9 Å². The van der Waals surface area contributed by atoms with E-state index in [-0.39, 0.29) is 27.7 Å². The second-order valence-electron chi connectivity index (χ2n) is 4.79. The van der Waals surface area contributed by atoms with Crippen molar-refractivity contribution >= 4 is 15.8 Å². The summed E-state index contributed by atoms with van der Waals surface area (Å²) in [6.07, 6.45) is 1.04. The van der Waals surface area contributed by atoms with Crippen LogP contribution in [0.1, 0.15) is 10.5 Å². The van der Waals surface area contributed by atoms with Gasteiger partial charge in [-0.3, -0.25) is 4.68 Å². The predicted octanol–water partition coefficient (Wildman–Crippen LogP) is 1.21. The maximum atomic E-state index is 12.2. The number of aryl methyl sites for hydroxylation is 1. The molecule has 124 valence electrons. The number of ether oxygens (including phenoxy) is 2. The summed E-state index contributed by atoms with van der Waals surface area (Å²) in [7, 11) is 0.590. The summed E-state index contributed by atoms with van der Waals surface area (Å²) in [4.78, 5) is 11.0. The Labute approximate surface area is 133 Å². The fourth-order valence-electron chi connectivity index (χ4n) is 2.29. The van der Waals surface area contributed by atoms with Gasteiger partial charge in [0.05, 0.1) is 25.5 Å². The zero-order chi connectivity index (χ0) is 17.4. The molecule has 0 saturated carbocycles. The lowest BCUT2D eigenvalue weighted by Gasteiger charge is -2.16. The molecule has 0 unspecified atom stereocenters. The lowest BCUT2D eigenvalue weighted by Crippen LogP contribution is -2.07. The van der Waals surface area contributed by atoms with Gasteiger partial charge in [0.15, 0.2) is 15.5 Å². The monoisotopic (exact) mass is 340 g/mol. The summed E-state index contributed by atoms with van der Waals surface area (Å²) in [6, 6.07) is 4.32. The molecule has 1 heterocycles. The number of hydrogen-bond acceptors (Lipinski definition) is 6. The average molecular weight is 340 g/mol. The topological polar surface area (TPSA) is 108 Å². The van der Waals surface area contributed by atoms with Crippen LogP contribution in [0, 0.1) is 0 Å². The van der Waals surface area contributed by atoms with Crippen LogP contribution in [0.5, 0.6) is 11.5 Å². The van der Waals surface area contributed by atoms with Crippen LogP contribution in [-0.4, -0.2) is 49.7 Å². The van der Waals surface area contributed by atoms with Crippen LogP contribution < -0.4 is 9.47 Å². The van der Waals surface area contributed by atoms with Crippen LogP contribution in [0.25, 0.3) is 11.3 Å². The molecule has 0 atom stereocenters. The molecular weight excluding hydrogens is 324 g/mol. The average Bonchev–Trinajstić information content (AvgIpc) is 2.86. The number of nitrogens with zero attached hydrogens (tertiary/aromatic N) is 2. The number of sulfone groups is 1. The Balaban J connectivity index is 2.92. The fraction of sp³-hybridized carbons (Fsp3) is 0.286. The summed E-state index contributed by atoms with van der Waals surface area (Å²) < 4.78 is 36.2. The zero-order valence-electron chi connectivity index (χ0n) is 13.0. The van der Waals surface area contributed by atoms with Crippen LogP contribution in [-0.2, 0) is 16.9 Å². The van der Waals surface area contributed by atoms with Crippen molar-refractivity contribution in [2.75, 3.05) is 20.5 Å². The summed E-state index contributed by atoms with van der Waals surface area (Å²) in [5, 5.41) is 12.9. The Bertz CT molecular complexity index is 870. The minimum Gasteiger partial charge on any atom is -0.496 e. The van der Waals surface area contributed by atoms with Crippen molar-refractivity contribution in [3.8, 4) is 22.8 Å². The molecular formula is C14H16N2O6S.